The number of benzene rings is 2. The van der Waals surface area contributed by atoms with Crippen LogP contribution in [0.3, 0.4) is 0 Å². The zero-order valence-electron chi connectivity index (χ0n) is 18.6. The van der Waals surface area contributed by atoms with Gasteiger partial charge in [-0.1, -0.05) is 30.3 Å². The summed E-state index contributed by atoms with van der Waals surface area (Å²) < 4.78 is 7.76. The first-order valence-corrected chi connectivity index (χ1v) is 12.5. The molecular formula is C25H22IN3O4S. The first-order valence-electron chi connectivity index (χ1n) is 10.6. The Labute approximate surface area is 213 Å². The second kappa shape index (κ2) is 10.5. The minimum absolute atomic E-state index is 0.181. The number of thiophene rings is 1. The largest absolute Gasteiger partial charge is 0.461 e. The van der Waals surface area contributed by atoms with Crippen LogP contribution in [0, 0.1) is 17.4 Å². The van der Waals surface area contributed by atoms with E-state index in [1.54, 1.807) is 6.92 Å². The number of amides is 1. The fourth-order valence-corrected chi connectivity index (χ4v) is 5.23. The van der Waals surface area contributed by atoms with E-state index in [9.17, 15) is 14.4 Å². The van der Waals surface area contributed by atoms with E-state index in [0.717, 1.165) is 26.0 Å². The summed E-state index contributed by atoms with van der Waals surface area (Å²) in [5.74, 6) is -0.810. The van der Waals surface area contributed by atoms with Crippen molar-refractivity contribution in [3.63, 3.8) is 0 Å². The molecule has 34 heavy (non-hydrogen) atoms. The summed E-state index contributed by atoms with van der Waals surface area (Å²) in [4.78, 5) is 43.4. The second-order valence-electron chi connectivity index (χ2n) is 7.79. The van der Waals surface area contributed by atoms with Crippen LogP contribution < -0.4 is 10.9 Å². The highest BCUT2D eigenvalue weighted by Crippen LogP contribution is 2.27. The number of ether oxygens (including phenoxy) is 1. The van der Waals surface area contributed by atoms with Gasteiger partial charge in [-0.2, -0.15) is 0 Å². The summed E-state index contributed by atoms with van der Waals surface area (Å²) >= 11 is 3.33. The molecule has 7 nitrogen and oxygen atoms in total. The van der Waals surface area contributed by atoms with Crippen molar-refractivity contribution in [2.45, 2.75) is 26.8 Å². The fourth-order valence-electron chi connectivity index (χ4n) is 3.55. The molecule has 4 aromatic rings. The molecule has 0 saturated carbocycles. The van der Waals surface area contributed by atoms with Crippen molar-refractivity contribution in [3.05, 3.63) is 90.3 Å². The van der Waals surface area contributed by atoms with E-state index < -0.39 is 5.97 Å². The maximum atomic E-state index is 13.1. The first kappa shape index (κ1) is 24.1. The van der Waals surface area contributed by atoms with Gasteiger partial charge >= 0.3 is 5.97 Å². The van der Waals surface area contributed by atoms with Gasteiger partial charge in [-0.15, -0.1) is 11.3 Å². The van der Waals surface area contributed by atoms with E-state index in [2.05, 4.69) is 32.9 Å². The quantitative estimate of drug-likeness (QED) is 0.250. The smallest absolute Gasteiger partial charge is 0.348 e. The van der Waals surface area contributed by atoms with Crippen LogP contribution in [-0.2, 0) is 22.5 Å². The number of rotatable bonds is 7. The number of anilines is 1. The van der Waals surface area contributed by atoms with Gasteiger partial charge in [-0.05, 0) is 71.3 Å². The van der Waals surface area contributed by atoms with E-state index in [4.69, 9.17) is 4.74 Å². The molecule has 2 aromatic carbocycles. The van der Waals surface area contributed by atoms with Crippen LogP contribution in [-0.4, -0.2) is 28.0 Å². The lowest BCUT2D eigenvalue weighted by molar-refractivity contribution is -0.116. The van der Waals surface area contributed by atoms with Crippen LogP contribution in [0.4, 0.5) is 5.69 Å². The van der Waals surface area contributed by atoms with Crippen LogP contribution >= 0.6 is 33.9 Å². The van der Waals surface area contributed by atoms with Crippen molar-refractivity contribution in [3.8, 4) is 0 Å². The molecule has 0 aliphatic heterocycles. The van der Waals surface area contributed by atoms with E-state index in [0.29, 0.717) is 32.8 Å². The number of hydrogen-bond acceptors (Lipinski definition) is 6. The standard InChI is InChI=1S/C25H22IN3O4S/c1-15-12-18(26)8-9-19(15)28-20(30)13-29-14-27-23-21(24(29)31)16(2)22(34-23)25(32)33-11-10-17-6-4-3-5-7-17/h3-9,12,14H,10-11,13H2,1-2H3,(H,28,30). The van der Waals surface area contributed by atoms with Crippen LogP contribution in [0.1, 0.15) is 26.4 Å². The lowest BCUT2D eigenvalue weighted by atomic mass is 10.2. The van der Waals surface area contributed by atoms with Gasteiger partial charge in [0.2, 0.25) is 5.91 Å². The zero-order valence-corrected chi connectivity index (χ0v) is 21.6. The molecule has 0 atom stereocenters. The molecule has 174 valence electrons. The summed E-state index contributed by atoms with van der Waals surface area (Å²) in [7, 11) is 0. The number of hydrogen-bond donors (Lipinski definition) is 1. The molecule has 1 amide bonds. The highest BCUT2D eigenvalue weighted by molar-refractivity contribution is 14.1. The van der Waals surface area contributed by atoms with Crippen LogP contribution in [0.5, 0.6) is 0 Å². The molecule has 0 saturated heterocycles. The van der Waals surface area contributed by atoms with Gasteiger partial charge in [0.05, 0.1) is 18.3 Å². The third-order valence-corrected chi connectivity index (χ3v) is 7.20. The summed E-state index contributed by atoms with van der Waals surface area (Å²) in [6.45, 7) is 3.67. The molecule has 0 unspecified atom stereocenters. The zero-order chi connectivity index (χ0) is 24.2. The third-order valence-electron chi connectivity index (χ3n) is 5.35. The molecule has 1 N–H and O–H groups in total. The van der Waals surface area contributed by atoms with Crippen molar-refractivity contribution >= 4 is 61.7 Å². The van der Waals surface area contributed by atoms with E-state index >= 15 is 0 Å². The monoisotopic (exact) mass is 587 g/mol. The Morgan fingerprint density at radius 3 is 2.65 bits per heavy atom. The molecule has 2 aromatic heterocycles. The maximum absolute atomic E-state index is 13.1. The maximum Gasteiger partial charge on any atom is 0.348 e. The number of nitrogens with zero attached hydrogens (tertiary/aromatic N) is 2. The van der Waals surface area contributed by atoms with E-state index in [1.807, 2.05) is 55.5 Å². The number of aromatic nitrogens is 2. The topological polar surface area (TPSA) is 90.3 Å². The van der Waals surface area contributed by atoms with Crippen molar-refractivity contribution < 1.29 is 14.3 Å². The van der Waals surface area contributed by atoms with E-state index in [1.165, 1.54) is 10.9 Å². The van der Waals surface area contributed by atoms with Gasteiger partial charge in [0.1, 0.15) is 16.3 Å². The molecule has 0 aliphatic rings. The average Bonchev–Trinajstić information content (AvgIpc) is 3.15. The Kier molecular flexibility index (Phi) is 7.42. The highest BCUT2D eigenvalue weighted by Gasteiger charge is 2.21. The molecule has 0 aliphatic carbocycles. The van der Waals surface area contributed by atoms with Crippen molar-refractivity contribution in [1.82, 2.24) is 9.55 Å². The van der Waals surface area contributed by atoms with Crippen LogP contribution in [0.15, 0.2) is 59.7 Å². The molecule has 0 fully saturated rings. The fraction of sp³-hybridized carbons (Fsp3) is 0.200. The number of carbonyl (C=O) groups is 2. The number of fused-ring (bicyclic) bond motifs is 1. The van der Waals surface area contributed by atoms with Gasteiger partial charge in [-0.25, -0.2) is 9.78 Å². The lowest BCUT2D eigenvalue weighted by Crippen LogP contribution is -2.28. The minimum atomic E-state index is -0.477. The Balaban J connectivity index is 1.48. The molecule has 0 spiro atoms. The predicted molar refractivity (Wildman–Crippen MR) is 142 cm³/mol. The summed E-state index contributed by atoms with van der Waals surface area (Å²) in [5.41, 5.74) is 2.86. The number of aryl methyl sites for hydroxylation is 2. The first-order chi connectivity index (χ1) is 16.3. The predicted octanol–water partition coefficient (Wildman–Crippen LogP) is 4.72. The normalized spacial score (nSPS) is 10.9. The minimum Gasteiger partial charge on any atom is -0.461 e. The molecule has 2 heterocycles. The average molecular weight is 587 g/mol. The van der Waals surface area contributed by atoms with Crippen molar-refractivity contribution in [2.75, 3.05) is 11.9 Å². The Bertz CT molecular complexity index is 1430. The Morgan fingerprint density at radius 2 is 1.91 bits per heavy atom. The summed E-state index contributed by atoms with van der Waals surface area (Å²) in [5, 5.41) is 3.17. The molecule has 4 rings (SSSR count). The van der Waals surface area contributed by atoms with Gasteiger partial charge in [-0.3, -0.25) is 14.2 Å². The third kappa shape index (κ3) is 5.36. The van der Waals surface area contributed by atoms with Gasteiger partial charge in [0, 0.05) is 15.7 Å². The summed E-state index contributed by atoms with van der Waals surface area (Å²) in [6, 6.07) is 15.4. The number of halogens is 1. The van der Waals surface area contributed by atoms with E-state index in [-0.39, 0.29) is 24.6 Å². The Hall–Kier alpha value is -3.05. The van der Waals surface area contributed by atoms with Gasteiger partial charge < -0.3 is 10.1 Å². The van der Waals surface area contributed by atoms with Crippen LogP contribution in [0.25, 0.3) is 10.2 Å². The summed E-state index contributed by atoms with van der Waals surface area (Å²) in [6.07, 6.45) is 1.95. The molecule has 0 radical (unpaired) electrons. The molecular weight excluding hydrogens is 565 g/mol. The number of esters is 1. The van der Waals surface area contributed by atoms with Gasteiger partial charge in [0.15, 0.2) is 0 Å². The van der Waals surface area contributed by atoms with Gasteiger partial charge in [0.25, 0.3) is 5.56 Å². The van der Waals surface area contributed by atoms with Crippen molar-refractivity contribution in [2.24, 2.45) is 0 Å². The number of nitrogens with one attached hydrogen (secondary N) is 1. The molecule has 0 bridgehead atoms. The van der Waals surface area contributed by atoms with Crippen molar-refractivity contribution in [1.29, 1.82) is 0 Å². The Morgan fingerprint density at radius 1 is 1.15 bits per heavy atom. The second-order valence-corrected chi connectivity index (χ2v) is 10.0. The highest BCUT2D eigenvalue weighted by atomic mass is 127. The SMILES string of the molecule is Cc1cc(I)ccc1NC(=O)Cn1cnc2sc(C(=O)OCCc3ccccc3)c(C)c2c1=O. The number of carbonyl (C=O) groups excluding carboxylic acids is 2. The molecule has 9 heteroatoms. The lowest BCUT2D eigenvalue weighted by Gasteiger charge is -2.10. The van der Waals surface area contributed by atoms with Crippen LogP contribution in [0.2, 0.25) is 0 Å².